The van der Waals surface area contributed by atoms with Gasteiger partial charge in [0, 0.05) is 22.5 Å². The predicted octanol–water partition coefficient (Wildman–Crippen LogP) is 3.50. The highest BCUT2D eigenvalue weighted by atomic mass is 32.2. The number of nitrogens with one attached hydrogen (secondary N) is 1. The molecule has 0 heterocycles. The molecule has 106 valence electrons. The standard InChI is InChI=1S/C15H24N2OS/c1-11(6-4-7-12(2)16)15(18)17-13-8-5-9-14(10-13)19-3/h5,8-12H,4,6-7,16H2,1-3H3,(H,17,18). The Balaban J connectivity index is 2.44. The quantitative estimate of drug-likeness (QED) is 0.752. The average Bonchev–Trinajstić information content (AvgIpc) is 2.38. The van der Waals surface area contributed by atoms with Crippen molar-refractivity contribution in [3.8, 4) is 0 Å². The van der Waals surface area contributed by atoms with Gasteiger partial charge in [0.1, 0.15) is 0 Å². The Labute approximate surface area is 120 Å². The molecule has 2 unspecified atom stereocenters. The van der Waals surface area contributed by atoms with Crippen LogP contribution >= 0.6 is 11.8 Å². The number of carbonyl (C=O) groups excluding carboxylic acids is 1. The van der Waals surface area contributed by atoms with Gasteiger partial charge in [-0.2, -0.15) is 0 Å². The second kappa shape index (κ2) is 8.23. The zero-order chi connectivity index (χ0) is 14.3. The van der Waals surface area contributed by atoms with Crippen LogP contribution in [-0.4, -0.2) is 18.2 Å². The Morgan fingerprint density at radius 1 is 1.37 bits per heavy atom. The lowest BCUT2D eigenvalue weighted by Crippen LogP contribution is -2.21. The van der Waals surface area contributed by atoms with Crippen LogP contribution in [0, 0.1) is 5.92 Å². The van der Waals surface area contributed by atoms with Crippen molar-refractivity contribution in [1.82, 2.24) is 0 Å². The molecule has 2 atom stereocenters. The Kier molecular flexibility index (Phi) is 6.95. The van der Waals surface area contributed by atoms with Gasteiger partial charge in [0.2, 0.25) is 5.91 Å². The van der Waals surface area contributed by atoms with Crippen LogP contribution in [-0.2, 0) is 4.79 Å². The smallest absolute Gasteiger partial charge is 0.227 e. The van der Waals surface area contributed by atoms with Gasteiger partial charge in [-0.05, 0) is 44.2 Å². The minimum Gasteiger partial charge on any atom is -0.328 e. The lowest BCUT2D eigenvalue weighted by molar-refractivity contribution is -0.119. The van der Waals surface area contributed by atoms with Crippen molar-refractivity contribution in [3.05, 3.63) is 24.3 Å². The van der Waals surface area contributed by atoms with E-state index in [9.17, 15) is 4.79 Å². The maximum Gasteiger partial charge on any atom is 0.227 e. The van der Waals surface area contributed by atoms with E-state index in [1.807, 2.05) is 44.4 Å². The van der Waals surface area contributed by atoms with Crippen LogP contribution in [0.4, 0.5) is 5.69 Å². The van der Waals surface area contributed by atoms with E-state index in [4.69, 9.17) is 5.73 Å². The van der Waals surface area contributed by atoms with E-state index < -0.39 is 0 Å². The number of anilines is 1. The van der Waals surface area contributed by atoms with Crippen molar-refractivity contribution >= 4 is 23.4 Å². The summed E-state index contributed by atoms with van der Waals surface area (Å²) in [5.41, 5.74) is 6.58. The minimum atomic E-state index is 0.0247. The van der Waals surface area contributed by atoms with Crippen molar-refractivity contribution in [1.29, 1.82) is 0 Å². The monoisotopic (exact) mass is 280 g/mol. The molecule has 1 rings (SSSR count). The Hall–Kier alpha value is -1.00. The number of rotatable bonds is 7. The van der Waals surface area contributed by atoms with Gasteiger partial charge in [-0.1, -0.05) is 19.4 Å². The second-order valence-electron chi connectivity index (χ2n) is 5.03. The number of carbonyl (C=O) groups is 1. The summed E-state index contributed by atoms with van der Waals surface area (Å²) >= 11 is 1.67. The summed E-state index contributed by atoms with van der Waals surface area (Å²) in [4.78, 5) is 13.2. The molecule has 19 heavy (non-hydrogen) atoms. The third-order valence-corrected chi connectivity index (χ3v) is 3.81. The first-order chi connectivity index (χ1) is 9.02. The number of amides is 1. The highest BCUT2D eigenvalue weighted by Gasteiger charge is 2.13. The van der Waals surface area contributed by atoms with Crippen molar-refractivity contribution in [2.24, 2.45) is 11.7 Å². The molecular weight excluding hydrogens is 256 g/mol. The fourth-order valence-electron chi connectivity index (χ4n) is 1.84. The molecule has 1 aromatic rings. The van der Waals surface area contributed by atoms with Crippen LogP contribution in [0.25, 0.3) is 0 Å². The van der Waals surface area contributed by atoms with Crippen LogP contribution in [0.2, 0.25) is 0 Å². The second-order valence-corrected chi connectivity index (χ2v) is 5.91. The molecule has 3 nitrogen and oxygen atoms in total. The van der Waals surface area contributed by atoms with Gasteiger partial charge < -0.3 is 11.1 Å². The highest BCUT2D eigenvalue weighted by molar-refractivity contribution is 7.98. The fraction of sp³-hybridized carbons (Fsp3) is 0.533. The first-order valence-electron chi connectivity index (χ1n) is 6.73. The summed E-state index contributed by atoms with van der Waals surface area (Å²) in [6.07, 6.45) is 4.88. The van der Waals surface area contributed by atoms with Crippen molar-refractivity contribution in [2.45, 2.75) is 44.0 Å². The largest absolute Gasteiger partial charge is 0.328 e. The Morgan fingerprint density at radius 2 is 2.11 bits per heavy atom. The van der Waals surface area contributed by atoms with Crippen LogP contribution in [0.3, 0.4) is 0 Å². The average molecular weight is 280 g/mol. The molecular formula is C15H24N2OS. The minimum absolute atomic E-state index is 0.0247. The topological polar surface area (TPSA) is 55.1 Å². The van der Waals surface area contributed by atoms with Gasteiger partial charge in [-0.25, -0.2) is 0 Å². The highest BCUT2D eigenvalue weighted by Crippen LogP contribution is 2.20. The van der Waals surface area contributed by atoms with Crippen molar-refractivity contribution in [2.75, 3.05) is 11.6 Å². The van der Waals surface area contributed by atoms with E-state index in [0.717, 1.165) is 29.8 Å². The Morgan fingerprint density at radius 3 is 2.74 bits per heavy atom. The van der Waals surface area contributed by atoms with E-state index in [2.05, 4.69) is 5.32 Å². The van der Waals surface area contributed by atoms with Crippen LogP contribution in [0.15, 0.2) is 29.2 Å². The van der Waals surface area contributed by atoms with Gasteiger partial charge in [-0.3, -0.25) is 4.79 Å². The molecule has 1 aromatic carbocycles. The molecule has 0 saturated heterocycles. The number of thioether (sulfide) groups is 1. The van der Waals surface area contributed by atoms with E-state index in [1.165, 1.54) is 0 Å². The molecule has 0 aliphatic heterocycles. The normalized spacial score (nSPS) is 13.9. The third-order valence-electron chi connectivity index (χ3n) is 3.08. The fourth-order valence-corrected chi connectivity index (χ4v) is 2.30. The first-order valence-corrected chi connectivity index (χ1v) is 7.96. The summed E-state index contributed by atoms with van der Waals surface area (Å²) in [6, 6.07) is 8.13. The predicted molar refractivity (Wildman–Crippen MR) is 83.5 cm³/mol. The summed E-state index contributed by atoms with van der Waals surface area (Å²) in [5.74, 6) is 0.111. The first kappa shape index (κ1) is 16.1. The van der Waals surface area contributed by atoms with Crippen LogP contribution in [0.1, 0.15) is 33.1 Å². The number of hydrogen-bond donors (Lipinski definition) is 2. The van der Waals surface area contributed by atoms with Gasteiger partial charge in [-0.15, -0.1) is 11.8 Å². The molecule has 0 aliphatic rings. The number of benzene rings is 1. The number of hydrogen-bond acceptors (Lipinski definition) is 3. The van der Waals surface area contributed by atoms with Gasteiger partial charge in [0.05, 0.1) is 0 Å². The molecule has 0 aromatic heterocycles. The molecule has 0 bridgehead atoms. The van der Waals surface area contributed by atoms with Gasteiger partial charge in [0.25, 0.3) is 0 Å². The van der Waals surface area contributed by atoms with E-state index in [-0.39, 0.29) is 17.9 Å². The zero-order valence-electron chi connectivity index (χ0n) is 12.0. The van der Waals surface area contributed by atoms with Gasteiger partial charge in [0.15, 0.2) is 0 Å². The van der Waals surface area contributed by atoms with Crippen LogP contribution < -0.4 is 11.1 Å². The van der Waals surface area contributed by atoms with E-state index in [1.54, 1.807) is 11.8 Å². The summed E-state index contributed by atoms with van der Waals surface area (Å²) in [7, 11) is 0. The molecule has 3 N–H and O–H groups in total. The maximum absolute atomic E-state index is 12.0. The molecule has 0 radical (unpaired) electrons. The molecule has 0 saturated carbocycles. The molecule has 0 spiro atoms. The third kappa shape index (κ3) is 6.12. The van der Waals surface area contributed by atoms with E-state index in [0.29, 0.717) is 0 Å². The molecule has 4 heteroatoms. The number of nitrogens with two attached hydrogens (primary N) is 1. The summed E-state index contributed by atoms with van der Waals surface area (Å²) < 4.78 is 0. The molecule has 0 fully saturated rings. The van der Waals surface area contributed by atoms with Gasteiger partial charge >= 0.3 is 0 Å². The Bertz CT molecular complexity index is 407. The SMILES string of the molecule is CSc1cccc(NC(=O)C(C)CCCC(C)N)c1. The lowest BCUT2D eigenvalue weighted by Gasteiger charge is -2.13. The van der Waals surface area contributed by atoms with Crippen molar-refractivity contribution in [3.63, 3.8) is 0 Å². The van der Waals surface area contributed by atoms with Crippen LogP contribution in [0.5, 0.6) is 0 Å². The maximum atomic E-state index is 12.0. The van der Waals surface area contributed by atoms with Crippen molar-refractivity contribution < 1.29 is 4.79 Å². The molecule has 0 aliphatic carbocycles. The summed E-state index contributed by atoms with van der Waals surface area (Å²) in [6.45, 7) is 3.97. The lowest BCUT2D eigenvalue weighted by atomic mass is 10.0. The van der Waals surface area contributed by atoms with E-state index >= 15 is 0 Å². The zero-order valence-corrected chi connectivity index (χ0v) is 12.8. The summed E-state index contributed by atoms with van der Waals surface area (Å²) in [5, 5.41) is 2.97. The molecule has 1 amide bonds.